The zero-order valence-corrected chi connectivity index (χ0v) is 9.93. The molecule has 0 fully saturated rings. The Balaban J connectivity index is 2.34. The van der Waals surface area contributed by atoms with Crippen LogP contribution in [0.3, 0.4) is 0 Å². The maximum atomic E-state index is 12.6. The number of aromatic nitrogens is 3. The van der Waals surface area contributed by atoms with Gasteiger partial charge in [-0.05, 0) is 24.6 Å². The van der Waals surface area contributed by atoms with E-state index in [0.717, 1.165) is 12.1 Å². The topological polar surface area (TPSA) is 50.9 Å². The largest absolute Gasteiger partial charge is 0.416 e. The van der Waals surface area contributed by atoms with E-state index in [2.05, 4.69) is 10.2 Å². The van der Waals surface area contributed by atoms with Crippen LogP contribution in [0.1, 0.15) is 17.8 Å². The summed E-state index contributed by atoms with van der Waals surface area (Å²) in [6.07, 6.45) is -2.08. The fourth-order valence-electron chi connectivity index (χ4n) is 1.71. The zero-order valence-electron chi connectivity index (χ0n) is 9.93. The van der Waals surface area contributed by atoms with Crippen LogP contribution in [0.4, 0.5) is 13.2 Å². The molecule has 0 saturated carbocycles. The fourth-order valence-corrected chi connectivity index (χ4v) is 1.71. The maximum absolute atomic E-state index is 12.6. The Labute approximate surface area is 107 Å². The predicted octanol–water partition coefficient (Wildman–Crippen LogP) is 2.21. The van der Waals surface area contributed by atoms with E-state index >= 15 is 0 Å². The molecule has 2 rings (SSSR count). The van der Waals surface area contributed by atoms with Gasteiger partial charge in [0.2, 0.25) is 0 Å². The van der Waals surface area contributed by atoms with Crippen molar-refractivity contribution >= 4 is 0 Å². The van der Waals surface area contributed by atoms with E-state index in [-0.39, 0.29) is 6.61 Å². The summed E-state index contributed by atoms with van der Waals surface area (Å²) < 4.78 is 39.4. The van der Waals surface area contributed by atoms with Crippen LogP contribution in [0.25, 0.3) is 5.69 Å². The standard InChI is InChI=1S/C12H12F3N3O/c13-12(14,15)9-3-1-4-10(7-9)18-8-16-17-11(18)5-2-6-19/h1,3-4,7-8,19H,2,5-6H2. The molecule has 2 aromatic rings. The van der Waals surface area contributed by atoms with Gasteiger partial charge >= 0.3 is 6.18 Å². The Hall–Kier alpha value is -1.89. The van der Waals surface area contributed by atoms with Crippen molar-refractivity contribution in [2.75, 3.05) is 6.61 Å². The van der Waals surface area contributed by atoms with Gasteiger partial charge in [0.05, 0.1) is 5.56 Å². The van der Waals surface area contributed by atoms with Gasteiger partial charge < -0.3 is 5.11 Å². The Morgan fingerprint density at radius 3 is 2.74 bits per heavy atom. The number of halogens is 3. The molecule has 0 saturated heterocycles. The van der Waals surface area contributed by atoms with Crippen molar-refractivity contribution in [2.24, 2.45) is 0 Å². The first kappa shape index (κ1) is 13.5. The lowest BCUT2D eigenvalue weighted by Gasteiger charge is -2.10. The average Bonchev–Trinajstić information content (AvgIpc) is 2.83. The highest BCUT2D eigenvalue weighted by Gasteiger charge is 2.30. The van der Waals surface area contributed by atoms with E-state index in [4.69, 9.17) is 5.11 Å². The van der Waals surface area contributed by atoms with E-state index in [9.17, 15) is 13.2 Å². The van der Waals surface area contributed by atoms with Crippen LogP contribution >= 0.6 is 0 Å². The highest BCUT2D eigenvalue weighted by Crippen LogP contribution is 2.30. The summed E-state index contributed by atoms with van der Waals surface area (Å²) in [6.45, 7) is -0.00451. The summed E-state index contributed by atoms with van der Waals surface area (Å²) in [4.78, 5) is 0. The molecule has 0 aliphatic rings. The molecule has 7 heteroatoms. The van der Waals surface area contributed by atoms with E-state index in [0.29, 0.717) is 24.4 Å². The minimum Gasteiger partial charge on any atom is -0.396 e. The molecule has 4 nitrogen and oxygen atoms in total. The molecule has 102 valence electrons. The van der Waals surface area contributed by atoms with Gasteiger partial charge in [0.15, 0.2) is 0 Å². The number of aryl methyl sites for hydroxylation is 1. The molecule has 0 radical (unpaired) electrons. The van der Waals surface area contributed by atoms with Gasteiger partial charge in [-0.15, -0.1) is 10.2 Å². The normalized spacial score (nSPS) is 11.8. The number of alkyl halides is 3. The molecule has 19 heavy (non-hydrogen) atoms. The summed E-state index contributed by atoms with van der Waals surface area (Å²) in [5.74, 6) is 0.522. The second-order valence-electron chi connectivity index (χ2n) is 3.99. The lowest BCUT2D eigenvalue weighted by molar-refractivity contribution is -0.137. The first-order chi connectivity index (χ1) is 9.02. The molecule has 1 N–H and O–H groups in total. The first-order valence-electron chi connectivity index (χ1n) is 5.70. The Morgan fingerprint density at radius 2 is 2.05 bits per heavy atom. The van der Waals surface area contributed by atoms with Crippen molar-refractivity contribution in [3.05, 3.63) is 42.0 Å². The summed E-state index contributed by atoms with van der Waals surface area (Å²) in [5.41, 5.74) is -0.362. The molecule has 0 amide bonds. The van der Waals surface area contributed by atoms with E-state index in [1.807, 2.05) is 0 Å². The fraction of sp³-hybridized carbons (Fsp3) is 0.333. The highest BCUT2D eigenvalue weighted by atomic mass is 19.4. The summed E-state index contributed by atoms with van der Waals surface area (Å²) in [5, 5.41) is 16.3. The van der Waals surface area contributed by atoms with Crippen molar-refractivity contribution in [2.45, 2.75) is 19.0 Å². The van der Waals surface area contributed by atoms with Crippen molar-refractivity contribution in [1.82, 2.24) is 14.8 Å². The Kier molecular flexibility index (Phi) is 3.84. The lowest BCUT2D eigenvalue weighted by atomic mass is 10.2. The first-order valence-corrected chi connectivity index (χ1v) is 5.70. The minimum absolute atomic E-state index is 0.00451. The van der Waals surface area contributed by atoms with Gasteiger partial charge in [-0.3, -0.25) is 4.57 Å². The van der Waals surface area contributed by atoms with Crippen molar-refractivity contribution < 1.29 is 18.3 Å². The smallest absolute Gasteiger partial charge is 0.396 e. The van der Waals surface area contributed by atoms with Crippen LogP contribution in [0.2, 0.25) is 0 Å². The van der Waals surface area contributed by atoms with Gasteiger partial charge in [-0.25, -0.2) is 0 Å². The van der Waals surface area contributed by atoms with Crippen molar-refractivity contribution in [1.29, 1.82) is 0 Å². The molecule has 0 atom stereocenters. The molecule has 0 bridgehead atoms. The zero-order chi connectivity index (χ0) is 13.9. The highest BCUT2D eigenvalue weighted by molar-refractivity contribution is 5.37. The van der Waals surface area contributed by atoms with Gasteiger partial charge in [-0.2, -0.15) is 13.2 Å². The number of rotatable bonds is 4. The van der Waals surface area contributed by atoms with Crippen LogP contribution < -0.4 is 0 Å². The third-order valence-electron chi connectivity index (χ3n) is 2.63. The number of hydrogen-bond acceptors (Lipinski definition) is 3. The van der Waals surface area contributed by atoms with E-state index < -0.39 is 11.7 Å². The molecule has 0 aliphatic heterocycles. The van der Waals surface area contributed by atoms with Crippen molar-refractivity contribution in [3.8, 4) is 5.69 Å². The molecule has 1 heterocycles. The molecule has 0 aliphatic carbocycles. The van der Waals surface area contributed by atoms with Crippen LogP contribution in [-0.2, 0) is 12.6 Å². The summed E-state index contributed by atoms with van der Waals surface area (Å²) in [7, 11) is 0. The Morgan fingerprint density at radius 1 is 1.26 bits per heavy atom. The quantitative estimate of drug-likeness (QED) is 0.927. The molecular weight excluding hydrogens is 259 g/mol. The van der Waals surface area contributed by atoms with Gasteiger partial charge in [0.25, 0.3) is 0 Å². The number of benzene rings is 1. The lowest BCUT2D eigenvalue weighted by Crippen LogP contribution is -2.07. The van der Waals surface area contributed by atoms with Gasteiger partial charge in [0, 0.05) is 18.7 Å². The minimum atomic E-state index is -4.38. The van der Waals surface area contributed by atoms with Crippen LogP contribution in [0.5, 0.6) is 0 Å². The summed E-state index contributed by atoms with van der Waals surface area (Å²) in [6, 6.07) is 4.96. The molecule has 1 aromatic carbocycles. The molecular formula is C12H12F3N3O. The SMILES string of the molecule is OCCCc1nncn1-c1cccc(C(F)(F)F)c1. The molecule has 1 aromatic heterocycles. The number of nitrogens with zero attached hydrogens (tertiary/aromatic N) is 3. The van der Waals surface area contributed by atoms with E-state index in [1.165, 1.54) is 17.0 Å². The van der Waals surface area contributed by atoms with Gasteiger partial charge in [-0.1, -0.05) is 6.07 Å². The Bertz CT molecular complexity index is 551. The third kappa shape index (κ3) is 3.11. The van der Waals surface area contributed by atoms with Gasteiger partial charge in [0.1, 0.15) is 12.2 Å². The van der Waals surface area contributed by atoms with Crippen molar-refractivity contribution in [3.63, 3.8) is 0 Å². The van der Waals surface area contributed by atoms with Crippen LogP contribution in [0.15, 0.2) is 30.6 Å². The predicted molar refractivity (Wildman–Crippen MR) is 61.8 cm³/mol. The third-order valence-corrected chi connectivity index (χ3v) is 2.63. The maximum Gasteiger partial charge on any atom is 0.416 e. The number of aliphatic hydroxyl groups excluding tert-OH is 1. The average molecular weight is 271 g/mol. The van der Waals surface area contributed by atoms with Crippen LogP contribution in [0, 0.1) is 0 Å². The number of hydrogen-bond donors (Lipinski definition) is 1. The van der Waals surface area contributed by atoms with E-state index in [1.54, 1.807) is 6.07 Å². The molecule has 0 unspecified atom stereocenters. The monoisotopic (exact) mass is 271 g/mol. The number of aliphatic hydroxyl groups is 1. The summed E-state index contributed by atoms with van der Waals surface area (Å²) >= 11 is 0. The second kappa shape index (κ2) is 5.40. The van der Waals surface area contributed by atoms with Crippen LogP contribution in [-0.4, -0.2) is 26.5 Å². The molecule has 0 spiro atoms. The second-order valence-corrected chi connectivity index (χ2v) is 3.99.